The van der Waals surface area contributed by atoms with Gasteiger partial charge in [0.05, 0.1) is 5.71 Å². The number of carbonyl (C=O) groups excluding carboxylic acids is 2. The molecule has 0 radical (unpaired) electrons. The molecule has 0 atom stereocenters. The molecule has 0 aliphatic heterocycles. The maximum Gasteiger partial charge on any atom is 0.288 e. The third kappa shape index (κ3) is 3.78. The standard InChI is InChI=1S/C21H19N3O2/c1-15(25)18-13-19(24(2)14-18)21(26)23-22-20(16-9-5-3-6-10-16)17-11-7-4-8-12-17/h3-14H,1-2H3,(H,23,26). The van der Waals surface area contributed by atoms with Crippen LogP contribution in [0.15, 0.2) is 78.0 Å². The van der Waals surface area contributed by atoms with E-state index in [1.54, 1.807) is 23.9 Å². The van der Waals surface area contributed by atoms with Crippen molar-refractivity contribution in [2.45, 2.75) is 6.92 Å². The van der Waals surface area contributed by atoms with E-state index < -0.39 is 0 Å². The molecule has 5 nitrogen and oxygen atoms in total. The number of hydrogen-bond acceptors (Lipinski definition) is 3. The number of hydrogen-bond donors (Lipinski definition) is 1. The van der Waals surface area contributed by atoms with Gasteiger partial charge in [0.15, 0.2) is 5.78 Å². The van der Waals surface area contributed by atoms with Crippen molar-refractivity contribution >= 4 is 17.4 Å². The first kappa shape index (κ1) is 17.4. The van der Waals surface area contributed by atoms with Gasteiger partial charge in [-0.25, -0.2) is 5.43 Å². The number of aromatic nitrogens is 1. The molecule has 0 aliphatic carbocycles. The molecule has 1 heterocycles. The summed E-state index contributed by atoms with van der Waals surface area (Å²) in [6.07, 6.45) is 1.64. The third-order valence-corrected chi connectivity index (χ3v) is 4.01. The lowest BCUT2D eigenvalue weighted by atomic mass is 10.0. The molecule has 130 valence electrons. The fraction of sp³-hybridized carbons (Fsp3) is 0.0952. The largest absolute Gasteiger partial charge is 0.346 e. The monoisotopic (exact) mass is 345 g/mol. The Hall–Kier alpha value is -3.47. The van der Waals surface area contributed by atoms with Gasteiger partial charge in [-0.05, 0) is 13.0 Å². The molecular weight excluding hydrogens is 326 g/mol. The van der Waals surface area contributed by atoms with Crippen molar-refractivity contribution in [3.8, 4) is 0 Å². The lowest BCUT2D eigenvalue weighted by molar-refractivity contribution is 0.0946. The van der Waals surface area contributed by atoms with E-state index in [2.05, 4.69) is 10.5 Å². The Kier molecular flexibility index (Phi) is 5.08. The zero-order valence-electron chi connectivity index (χ0n) is 14.6. The number of nitrogens with one attached hydrogen (secondary N) is 1. The van der Waals surface area contributed by atoms with Crippen LogP contribution in [0.25, 0.3) is 0 Å². The first-order chi connectivity index (χ1) is 12.6. The molecule has 3 aromatic rings. The molecule has 0 unspecified atom stereocenters. The molecule has 1 N–H and O–H groups in total. The number of carbonyl (C=O) groups is 2. The molecule has 1 amide bonds. The molecule has 0 fully saturated rings. The number of hydrazone groups is 1. The average molecular weight is 345 g/mol. The molecule has 0 saturated heterocycles. The predicted molar refractivity (Wildman–Crippen MR) is 101 cm³/mol. The zero-order chi connectivity index (χ0) is 18.5. The van der Waals surface area contributed by atoms with E-state index in [0.29, 0.717) is 17.0 Å². The summed E-state index contributed by atoms with van der Waals surface area (Å²) in [5, 5.41) is 4.35. The minimum Gasteiger partial charge on any atom is -0.346 e. The van der Waals surface area contributed by atoms with Crippen molar-refractivity contribution in [3.05, 3.63) is 95.3 Å². The summed E-state index contributed by atoms with van der Waals surface area (Å²) in [7, 11) is 1.72. The second kappa shape index (κ2) is 7.61. The normalized spacial score (nSPS) is 10.2. The number of Topliss-reactive ketones (excluding diaryl/α,β-unsaturated/α-hetero) is 1. The molecule has 5 heteroatoms. The first-order valence-corrected chi connectivity index (χ1v) is 8.22. The van der Waals surface area contributed by atoms with Crippen molar-refractivity contribution in [2.24, 2.45) is 12.1 Å². The fourth-order valence-electron chi connectivity index (χ4n) is 2.63. The van der Waals surface area contributed by atoms with E-state index in [-0.39, 0.29) is 11.7 Å². The Morgan fingerprint density at radius 3 is 1.88 bits per heavy atom. The smallest absolute Gasteiger partial charge is 0.288 e. The van der Waals surface area contributed by atoms with Crippen LogP contribution in [0.1, 0.15) is 38.9 Å². The number of rotatable bonds is 5. The van der Waals surface area contributed by atoms with Gasteiger partial charge in [-0.2, -0.15) is 5.10 Å². The quantitative estimate of drug-likeness (QED) is 0.437. The Labute approximate surface area is 152 Å². The summed E-state index contributed by atoms with van der Waals surface area (Å²) in [6.45, 7) is 1.47. The molecule has 2 aromatic carbocycles. The Bertz CT molecular complexity index is 916. The number of nitrogens with zero attached hydrogens (tertiary/aromatic N) is 2. The highest BCUT2D eigenvalue weighted by Gasteiger charge is 2.14. The Morgan fingerprint density at radius 1 is 0.885 bits per heavy atom. The highest BCUT2D eigenvalue weighted by Crippen LogP contribution is 2.11. The average Bonchev–Trinajstić information content (AvgIpc) is 3.06. The van der Waals surface area contributed by atoms with E-state index >= 15 is 0 Å². The van der Waals surface area contributed by atoms with Crippen molar-refractivity contribution in [1.29, 1.82) is 0 Å². The minimum absolute atomic E-state index is 0.0857. The molecule has 0 saturated carbocycles. The van der Waals surface area contributed by atoms with Gasteiger partial charge in [-0.3, -0.25) is 9.59 Å². The van der Waals surface area contributed by atoms with E-state index in [1.807, 2.05) is 60.7 Å². The fourth-order valence-corrected chi connectivity index (χ4v) is 2.63. The molecule has 3 rings (SSSR count). The maximum atomic E-state index is 12.5. The van der Waals surface area contributed by atoms with Gasteiger partial charge in [0.2, 0.25) is 0 Å². The highest BCUT2D eigenvalue weighted by atomic mass is 16.2. The van der Waals surface area contributed by atoms with Gasteiger partial charge >= 0.3 is 0 Å². The molecule has 0 aliphatic rings. The van der Waals surface area contributed by atoms with Crippen molar-refractivity contribution in [3.63, 3.8) is 0 Å². The van der Waals surface area contributed by atoms with Crippen LogP contribution in [0, 0.1) is 0 Å². The second-order valence-electron chi connectivity index (χ2n) is 5.91. The Balaban J connectivity index is 1.92. The molecule has 26 heavy (non-hydrogen) atoms. The molecule has 1 aromatic heterocycles. The number of amides is 1. The van der Waals surface area contributed by atoms with Gasteiger partial charge in [-0.15, -0.1) is 0 Å². The summed E-state index contributed by atoms with van der Waals surface area (Å²) in [5.41, 5.74) is 5.94. The summed E-state index contributed by atoms with van der Waals surface area (Å²) in [5.74, 6) is -0.457. The van der Waals surface area contributed by atoms with Crippen LogP contribution in [0.2, 0.25) is 0 Å². The van der Waals surface area contributed by atoms with Gasteiger partial charge in [0.1, 0.15) is 5.69 Å². The van der Waals surface area contributed by atoms with E-state index in [1.165, 1.54) is 6.92 Å². The second-order valence-corrected chi connectivity index (χ2v) is 5.91. The van der Waals surface area contributed by atoms with Gasteiger partial charge in [0, 0.05) is 29.9 Å². The van der Waals surface area contributed by atoms with Crippen LogP contribution in [-0.4, -0.2) is 22.0 Å². The SMILES string of the molecule is CC(=O)c1cc(C(=O)NN=C(c2ccccc2)c2ccccc2)n(C)c1. The lowest BCUT2D eigenvalue weighted by Crippen LogP contribution is -2.22. The minimum atomic E-state index is -0.371. The van der Waals surface area contributed by atoms with Crippen LogP contribution in [0.4, 0.5) is 0 Å². The summed E-state index contributed by atoms with van der Waals surface area (Å²) in [4.78, 5) is 24.0. The van der Waals surface area contributed by atoms with Crippen LogP contribution in [0.5, 0.6) is 0 Å². The summed E-state index contributed by atoms with van der Waals surface area (Å²) in [6, 6.07) is 20.9. The van der Waals surface area contributed by atoms with Crippen LogP contribution in [-0.2, 0) is 7.05 Å². The number of benzene rings is 2. The summed E-state index contributed by atoms with van der Waals surface area (Å²) >= 11 is 0. The van der Waals surface area contributed by atoms with Crippen LogP contribution < -0.4 is 5.43 Å². The topological polar surface area (TPSA) is 63.5 Å². The predicted octanol–water partition coefficient (Wildman–Crippen LogP) is 3.41. The Morgan fingerprint density at radius 2 is 1.42 bits per heavy atom. The van der Waals surface area contributed by atoms with Gasteiger partial charge in [0.25, 0.3) is 5.91 Å². The highest BCUT2D eigenvalue weighted by molar-refractivity contribution is 6.13. The third-order valence-electron chi connectivity index (χ3n) is 4.01. The van der Waals surface area contributed by atoms with Crippen LogP contribution in [0.3, 0.4) is 0 Å². The molecule has 0 spiro atoms. The molecular formula is C21H19N3O2. The molecule has 0 bridgehead atoms. The van der Waals surface area contributed by atoms with Crippen LogP contribution >= 0.6 is 0 Å². The summed E-state index contributed by atoms with van der Waals surface area (Å²) < 4.78 is 1.62. The van der Waals surface area contributed by atoms with Gasteiger partial charge in [-0.1, -0.05) is 60.7 Å². The van der Waals surface area contributed by atoms with Crippen molar-refractivity contribution in [1.82, 2.24) is 9.99 Å². The number of aryl methyl sites for hydroxylation is 1. The van der Waals surface area contributed by atoms with E-state index in [0.717, 1.165) is 11.1 Å². The van der Waals surface area contributed by atoms with Crippen molar-refractivity contribution < 1.29 is 9.59 Å². The number of ketones is 1. The first-order valence-electron chi connectivity index (χ1n) is 8.22. The maximum absolute atomic E-state index is 12.5. The van der Waals surface area contributed by atoms with Crippen molar-refractivity contribution in [2.75, 3.05) is 0 Å². The zero-order valence-corrected chi connectivity index (χ0v) is 14.6. The van der Waals surface area contributed by atoms with E-state index in [9.17, 15) is 9.59 Å². The van der Waals surface area contributed by atoms with Gasteiger partial charge < -0.3 is 4.57 Å². The van der Waals surface area contributed by atoms with E-state index in [4.69, 9.17) is 0 Å². The lowest BCUT2D eigenvalue weighted by Gasteiger charge is -2.08.